The summed E-state index contributed by atoms with van der Waals surface area (Å²) in [6.07, 6.45) is 1.60. The number of aromatic nitrogens is 1. The number of hydrogen-bond acceptors (Lipinski definition) is 3. The Morgan fingerprint density at radius 3 is 2.00 bits per heavy atom. The Balaban J connectivity index is 2.32. The van der Waals surface area contributed by atoms with Crippen LogP contribution >= 0.6 is 0 Å². The average Bonchev–Trinajstić information content (AvgIpc) is 2.41. The third-order valence-electron chi connectivity index (χ3n) is 3.27. The molecule has 1 aromatic carbocycles. The molecule has 0 atom stereocenters. The lowest BCUT2D eigenvalue weighted by atomic mass is 9.95. The number of rotatable bonds is 4. The molecule has 0 radical (unpaired) electrons. The van der Waals surface area contributed by atoms with Gasteiger partial charge in [-0.2, -0.15) is 0 Å². The lowest BCUT2D eigenvalue weighted by molar-refractivity contribution is 0.461. The van der Waals surface area contributed by atoms with Crippen molar-refractivity contribution in [3.05, 3.63) is 47.7 Å². The summed E-state index contributed by atoms with van der Waals surface area (Å²) in [5.74, 6) is 2.33. The number of pyridine rings is 1. The van der Waals surface area contributed by atoms with E-state index < -0.39 is 0 Å². The van der Waals surface area contributed by atoms with Gasteiger partial charge in [-0.1, -0.05) is 33.8 Å². The zero-order chi connectivity index (χ0) is 14.7. The van der Waals surface area contributed by atoms with Crippen LogP contribution in [-0.4, -0.2) is 4.98 Å². The van der Waals surface area contributed by atoms with Crippen LogP contribution in [0.5, 0.6) is 11.6 Å². The van der Waals surface area contributed by atoms with Gasteiger partial charge in [0.15, 0.2) is 0 Å². The third kappa shape index (κ3) is 3.50. The van der Waals surface area contributed by atoms with Crippen LogP contribution in [0.15, 0.2) is 36.5 Å². The molecule has 0 saturated carbocycles. The minimum atomic E-state index is 0.468. The molecule has 0 aliphatic rings. The molecular weight excluding hydrogens is 248 g/mol. The van der Waals surface area contributed by atoms with Crippen molar-refractivity contribution in [1.82, 2.24) is 4.98 Å². The molecule has 0 fully saturated rings. The Bertz CT molecular complexity index is 548. The molecule has 3 heteroatoms. The average molecular weight is 270 g/mol. The van der Waals surface area contributed by atoms with Gasteiger partial charge in [0.25, 0.3) is 0 Å². The highest BCUT2D eigenvalue weighted by molar-refractivity contribution is 5.41. The third-order valence-corrected chi connectivity index (χ3v) is 3.27. The largest absolute Gasteiger partial charge is 0.439 e. The Labute approximate surface area is 120 Å². The molecule has 0 unspecified atom stereocenters. The minimum absolute atomic E-state index is 0.468. The summed E-state index contributed by atoms with van der Waals surface area (Å²) in [4.78, 5) is 4.18. The highest BCUT2D eigenvalue weighted by Crippen LogP contribution is 2.29. The number of nitrogens with two attached hydrogens (primary N) is 1. The zero-order valence-corrected chi connectivity index (χ0v) is 12.6. The summed E-state index contributed by atoms with van der Waals surface area (Å²) in [6, 6.07) is 9.98. The lowest BCUT2D eigenvalue weighted by Crippen LogP contribution is -1.96. The SMILES string of the molecule is CC(C)c1cc(Oc2ccc(N)cn2)cc(C(C)C)c1. The van der Waals surface area contributed by atoms with Gasteiger partial charge in [0.05, 0.1) is 11.9 Å². The molecular formula is C17H22N2O. The summed E-state index contributed by atoms with van der Waals surface area (Å²) >= 11 is 0. The molecule has 0 spiro atoms. The van der Waals surface area contributed by atoms with E-state index in [1.165, 1.54) is 11.1 Å². The number of ether oxygens (including phenoxy) is 1. The van der Waals surface area contributed by atoms with Crippen molar-refractivity contribution in [2.75, 3.05) is 5.73 Å². The smallest absolute Gasteiger partial charge is 0.219 e. The molecule has 0 amide bonds. The van der Waals surface area contributed by atoms with Crippen molar-refractivity contribution in [2.24, 2.45) is 0 Å². The quantitative estimate of drug-likeness (QED) is 0.875. The highest BCUT2D eigenvalue weighted by Gasteiger charge is 2.09. The molecule has 1 heterocycles. The van der Waals surface area contributed by atoms with Crippen molar-refractivity contribution in [3.63, 3.8) is 0 Å². The monoisotopic (exact) mass is 270 g/mol. The standard InChI is InChI=1S/C17H22N2O/c1-11(2)13-7-14(12(3)4)9-16(8-13)20-17-6-5-15(18)10-19-17/h5-12H,18H2,1-4H3. The highest BCUT2D eigenvalue weighted by atomic mass is 16.5. The summed E-state index contributed by atoms with van der Waals surface area (Å²) in [6.45, 7) is 8.74. The van der Waals surface area contributed by atoms with Crippen LogP contribution in [0.3, 0.4) is 0 Å². The minimum Gasteiger partial charge on any atom is -0.439 e. The molecule has 0 saturated heterocycles. The van der Waals surface area contributed by atoms with Crippen molar-refractivity contribution in [3.8, 4) is 11.6 Å². The van der Waals surface area contributed by atoms with Crippen molar-refractivity contribution >= 4 is 5.69 Å². The summed E-state index contributed by atoms with van der Waals surface area (Å²) in [5, 5.41) is 0. The van der Waals surface area contributed by atoms with Crippen LogP contribution in [0.2, 0.25) is 0 Å². The first kappa shape index (κ1) is 14.4. The molecule has 2 aromatic rings. The number of nitrogen functional groups attached to an aromatic ring is 1. The molecule has 2 rings (SSSR count). The van der Waals surface area contributed by atoms with Crippen molar-refractivity contribution in [1.29, 1.82) is 0 Å². The van der Waals surface area contributed by atoms with Gasteiger partial charge in [-0.15, -0.1) is 0 Å². The summed E-state index contributed by atoms with van der Waals surface area (Å²) < 4.78 is 5.85. The van der Waals surface area contributed by atoms with Crippen LogP contribution < -0.4 is 10.5 Å². The molecule has 0 bridgehead atoms. The van der Waals surface area contributed by atoms with Gasteiger partial charge in [0.2, 0.25) is 5.88 Å². The summed E-state index contributed by atoms with van der Waals surface area (Å²) in [5.41, 5.74) is 8.82. The maximum absolute atomic E-state index is 5.85. The maximum atomic E-state index is 5.85. The zero-order valence-electron chi connectivity index (χ0n) is 12.6. The fraction of sp³-hybridized carbons (Fsp3) is 0.353. The van der Waals surface area contributed by atoms with E-state index in [1.807, 2.05) is 0 Å². The Morgan fingerprint density at radius 1 is 0.950 bits per heavy atom. The lowest BCUT2D eigenvalue weighted by Gasteiger charge is -2.14. The topological polar surface area (TPSA) is 48.1 Å². The molecule has 1 aromatic heterocycles. The molecule has 3 nitrogen and oxygen atoms in total. The fourth-order valence-corrected chi connectivity index (χ4v) is 1.94. The maximum Gasteiger partial charge on any atom is 0.219 e. The molecule has 106 valence electrons. The van der Waals surface area contributed by atoms with E-state index >= 15 is 0 Å². The fourth-order valence-electron chi connectivity index (χ4n) is 1.94. The van der Waals surface area contributed by atoms with E-state index in [0.717, 1.165) is 5.75 Å². The van der Waals surface area contributed by atoms with Crippen molar-refractivity contribution < 1.29 is 4.74 Å². The van der Waals surface area contributed by atoms with E-state index in [0.29, 0.717) is 23.4 Å². The Kier molecular flexibility index (Phi) is 4.28. The number of anilines is 1. The van der Waals surface area contributed by atoms with E-state index in [9.17, 15) is 0 Å². The van der Waals surface area contributed by atoms with Gasteiger partial charge in [-0.3, -0.25) is 0 Å². The normalized spacial score (nSPS) is 11.1. The van der Waals surface area contributed by atoms with E-state index in [-0.39, 0.29) is 0 Å². The Morgan fingerprint density at radius 2 is 1.55 bits per heavy atom. The van der Waals surface area contributed by atoms with E-state index in [2.05, 4.69) is 50.9 Å². The first-order valence-corrected chi connectivity index (χ1v) is 7.00. The number of benzene rings is 1. The van der Waals surface area contributed by atoms with Gasteiger partial charge < -0.3 is 10.5 Å². The van der Waals surface area contributed by atoms with Gasteiger partial charge in [0.1, 0.15) is 5.75 Å². The molecule has 0 aliphatic carbocycles. The Hall–Kier alpha value is -2.03. The second-order valence-electron chi connectivity index (χ2n) is 5.68. The van der Waals surface area contributed by atoms with Crippen LogP contribution in [0.25, 0.3) is 0 Å². The predicted molar refractivity (Wildman–Crippen MR) is 83.3 cm³/mol. The van der Waals surface area contributed by atoms with Crippen LogP contribution in [0.4, 0.5) is 5.69 Å². The first-order chi connectivity index (χ1) is 9.45. The van der Waals surface area contributed by atoms with Gasteiger partial charge >= 0.3 is 0 Å². The number of nitrogens with zero attached hydrogens (tertiary/aromatic N) is 1. The predicted octanol–water partition coefficient (Wildman–Crippen LogP) is 4.70. The van der Waals surface area contributed by atoms with Crippen LogP contribution in [0, 0.1) is 0 Å². The molecule has 0 aliphatic heterocycles. The molecule has 20 heavy (non-hydrogen) atoms. The van der Waals surface area contributed by atoms with Gasteiger partial charge in [-0.05, 0) is 41.2 Å². The summed E-state index contributed by atoms with van der Waals surface area (Å²) in [7, 11) is 0. The second kappa shape index (κ2) is 5.95. The molecule has 2 N–H and O–H groups in total. The second-order valence-corrected chi connectivity index (χ2v) is 5.68. The van der Waals surface area contributed by atoms with Crippen LogP contribution in [-0.2, 0) is 0 Å². The number of hydrogen-bond donors (Lipinski definition) is 1. The first-order valence-electron chi connectivity index (χ1n) is 7.00. The van der Waals surface area contributed by atoms with Crippen LogP contribution in [0.1, 0.15) is 50.7 Å². The van der Waals surface area contributed by atoms with Gasteiger partial charge in [-0.25, -0.2) is 4.98 Å². The van der Waals surface area contributed by atoms with E-state index in [1.54, 1.807) is 18.3 Å². The van der Waals surface area contributed by atoms with Gasteiger partial charge in [0, 0.05) is 6.07 Å². The van der Waals surface area contributed by atoms with Crippen molar-refractivity contribution in [2.45, 2.75) is 39.5 Å². The van der Waals surface area contributed by atoms with E-state index in [4.69, 9.17) is 10.5 Å².